The normalized spacial score (nSPS) is 17.4. The molecule has 0 amide bonds. The van der Waals surface area contributed by atoms with E-state index < -0.39 is 0 Å². The molecule has 1 unspecified atom stereocenters. The molecule has 0 N–H and O–H groups in total. The van der Waals surface area contributed by atoms with Gasteiger partial charge in [-0.1, -0.05) is 24.2 Å². The van der Waals surface area contributed by atoms with E-state index in [-0.39, 0.29) is 0 Å². The van der Waals surface area contributed by atoms with E-state index in [0.29, 0.717) is 24.3 Å². The maximum atomic E-state index is 5.53. The van der Waals surface area contributed by atoms with Crippen LogP contribution in [0, 0.1) is 0 Å². The Kier molecular flexibility index (Phi) is 4.55. The summed E-state index contributed by atoms with van der Waals surface area (Å²) in [5, 5.41) is 6.35. The largest absolute Gasteiger partial charge is 0.496 e. The zero-order valence-corrected chi connectivity index (χ0v) is 15.3. The molecule has 0 spiro atoms. The fraction of sp³-hybridized carbons (Fsp3) is 0.368. The Morgan fingerprint density at radius 2 is 2.20 bits per heavy atom. The summed E-state index contributed by atoms with van der Waals surface area (Å²) in [6, 6.07) is 10.4. The van der Waals surface area contributed by atoms with Crippen LogP contribution in [0.25, 0.3) is 11.4 Å². The van der Waals surface area contributed by atoms with Crippen LogP contribution in [0.2, 0.25) is 0 Å². The summed E-state index contributed by atoms with van der Waals surface area (Å²) in [6.45, 7) is 3.94. The number of thiophene rings is 1. The average Bonchev–Trinajstić information content (AvgIpc) is 3.31. The Morgan fingerprint density at radius 1 is 1.32 bits per heavy atom. The molecule has 1 atom stereocenters. The van der Waals surface area contributed by atoms with Gasteiger partial charge in [0.15, 0.2) is 0 Å². The van der Waals surface area contributed by atoms with Gasteiger partial charge in [-0.3, -0.25) is 4.90 Å². The molecule has 25 heavy (non-hydrogen) atoms. The van der Waals surface area contributed by atoms with Gasteiger partial charge in [-0.2, -0.15) is 4.98 Å². The average molecular weight is 355 g/mol. The maximum absolute atomic E-state index is 5.53. The van der Waals surface area contributed by atoms with Gasteiger partial charge in [-0.15, -0.1) is 11.3 Å². The first kappa shape index (κ1) is 16.3. The Hall–Kier alpha value is -2.18. The van der Waals surface area contributed by atoms with E-state index in [4.69, 9.17) is 9.26 Å². The Balaban J connectivity index is 1.55. The Labute approximate surface area is 151 Å². The first-order valence-corrected chi connectivity index (χ1v) is 9.44. The van der Waals surface area contributed by atoms with Gasteiger partial charge in [-0.25, -0.2) is 0 Å². The molecule has 1 aliphatic heterocycles. The summed E-state index contributed by atoms with van der Waals surface area (Å²) in [7, 11) is 1.65. The van der Waals surface area contributed by atoms with Crippen LogP contribution >= 0.6 is 11.3 Å². The standard InChI is InChI=1S/C19H21N3O2S/c1-3-15-13-9-11-25-17(13)8-10-22(15)12-18-20-19(21-24-18)14-6-4-5-7-16(14)23-2/h4-7,9,11,15H,3,8,10,12H2,1-2H3. The van der Waals surface area contributed by atoms with Crippen LogP contribution in [0.3, 0.4) is 0 Å². The van der Waals surface area contributed by atoms with E-state index in [0.717, 1.165) is 30.7 Å². The van der Waals surface area contributed by atoms with Crippen LogP contribution < -0.4 is 4.74 Å². The van der Waals surface area contributed by atoms with Gasteiger partial charge in [0, 0.05) is 17.5 Å². The number of methoxy groups -OCH3 is 1. The molecule has 0 bridgehead atoms. The van der Waals surface area contributed by atoms with Crippen molar-refractivity contribution in [3.8, 4) is 17.1 Å². The first-order valence-electron chi connectivity index (χ1n) is 8.56. The van der Waals surface area contributed by atoms with Crippen molar-refractivity contribution in [2.45, 2.75) is 32.4 Å². The molecule has 0 aliphatic carbocycles. The number of ether oxygens (including phenoxy) is 1. The molecule has 5 nitrogen and oxygen atoms in total. The van der Waals surface area contributed by atoms with Gasteiger partial charge in [0.2, 0.25) is 11.7 Å². The minimum Gasteiger partial charge on any atom is -0.496 e. The van der Waals surface area contributed by atoms with Crippen molar-refractivity contribution in [2.24, 2.45) is 0 Å². The summed E-state index contributed by atoms with van der Waals surface area (Å²) in [4.78, 5) is 8.55. The summed E-state index contributed by atoms with van der Waals surface area (Å²) < 4.78 is 10.9. The topological polar surface area (TPSA) is 51.4 Å². The number of aromatic nitrogens is 2. The number of nitrogens with zero attached hydrogens (tertiary/aromatic N) is 3. The number of para-hydroxylation sites is 1. The molecule has 0 saturated carbocycles. The van der Waals surface area contributed by atoms with Crippen molar-refractivity contribution >= 4 is 11.3 Å². The predicted octanol–water partition coefficient (Wildman–Crippen LogP) is 4.32. The SMILES string of the molecule is CCC1c2ccsc2CCN1Cc1nc(-c2ccccc2OC)no1. The van der Waals surface area contributed by atoms with Gasteiger partial charge in [0.05, 0.1) is 19.2 Å². The van der Waals surface area contributed by atoms with Gasteiger partial charge in [-0.05, 0) is 42.0 Å². The number of rotatable bonds is 5. The predicted molar refractivity (Wildman–Crippen MR) is 97.8 cm³/mol. The monoisotopic (exact) mass is 355 g/mol. The van der Waals surface area contributed by atoms with Crippen LogP contribution in [-0.4, -0.2) is 28.7 Å². The van der Waals surface area contributed by atoms with Crippen molar-refractivity contribution in [3.05, 3.63) is 52.0 Å². The lowest BCUT2D eigenvalue weighted by atomic mass is 9.98. The molecule has 0 saturated heterocycles. The van der Waals surface area contributed by atoms with Crippen LogP contribution in [0.5, 0.6) is 5.75 Å². The molecule has 1 aromatic carbocycles. The van der Waals surface area contributed by atoms with Crippen LogP contribution in [0.15, 0.2) is 40.2 Å². The van der Waals surface area contributed by atoms with Crippen molar-refractivity contribution < 1.29 is 9.26 Å². The summed E-state index contributed by atoms with van der Waals surface area (Å²) in [5.41, 5.74) is 2.31. The lowest BCUT2D eigenvalue weighted by molar-refractivity contribution is 0.151. The Bertz CT molecular complexity index is 858. The van der Waals surface area contributed by atoms with Crippen molar-refractivity contribution in [1.29, 1.82) is 0 Å². The van der Waals surface area contributed by atoms with Gasteiger partial charge >= 0.3 is 0 Å². The maximum Gasteiger partial charge on any atom is 0.241 e. The second kappa shape index (κ2) is 6.98. The lowest BCUT2D eigenvalue weighted by Crippen LogP contribution is -2.34. The molecule has 0 radical (unpaired) electrons. The highest BCUT2D eigenvalue weighted by molar-refractivity contribution is 7.10. The van der Waals surface area contributed by atoms with E-state index in [9.17, 15) is 0 Å². The molecule has 130 valence electrons. The third-order valence-corrected chi connectivity index (χ3v) is 5.74. The molecular formula is C19H21N3O2S. The molecule has 0 fully saturated rings. The minimum atomic E-state index is 0.427. The molecule has 2 aromatic heterocycles. The fourth-order valence-electron chi connectivity index (χ4n) is 3.55. The fourth-order valence-corrected chi connectivity index (χ4v) is 4.48. The zero-order valence-electron chi connectivity index (χ0n) is 14.4. The van der Waals surface area contributed by atoms with Crippen LogP contribution in [-0.2, 0) is 13.0 Å². The summed E-state index contributed by atoms with van der Waals surface area (Å²) in [6.07, 6.45) is 2.17. The van der Waals surface area contributed by atoms with E-state index >= 15 is 0 Å². The third-order valence-electron chi connectivity index (χ3n) is 4.75. The van der Waals surface area contributed by atoms with E-state index in [1.54, 1.807) is 7.11 Å². The number of hydrogen-bond donors (Lipinski definition) is 0. The van der Waals surface area contributed by atoms with Crippen LogP contribution in [0.4, 0.5) is 0 Å². The molecule has 3 aromatic rings. The second-order valence-electron chi connectivity index (χ2n) is 6.16. The molecule has 3 heterocycles. The zero-order chi connectivity index (χ0) is 17.2. The van der Waals surface area contributed by atoms with Crippen molar-refractivity contribution in [3.63, 3.8) is 0 Å². The lowest BCUT2D eigenvalue weighted by Gasteiger charge is -2.34. The molecule has 6 heteroatoms. The minimum absolute atomic E-state index is 0.427. The highest BCUT2D eigenvalue weighted by Gasteiger charge is 2.28. The van der Waals surface area contributed by atoms with Crippen molar-refractivity contribution in [1.82, 2.24) is 15.0 Å². The van der Waals surface area contributed by atoms with E-state index in [1.165, 1.54) is 10.4 Å². The highest BCUT2D eigenvalue weighted by atomic mass is 32.1. The van der Waals surface area contributed by atoms with Crippen LogP contribution in [0.1, 0.15) is 35.7 Å². The quantitative estimate of drug-likeness (QED) is 0.682. The summed E-state index contributed by atoms with van der Waals surface area (Å²) >= 11 is 1.87. The molecule has 4 rings (SSSR count). The van der Waals surface area contributed by atoms with Crippen molar-refractivity contribution in [2.75, 3.05) is 13.7 Å². The third kappa shape index (κ3) is 3.07. The van der Waals surface area contributed by atoms with Gasteiger partial charge < -0.3 is 9.26 Å². The number of benzene rings is 1. The highest BCUT2D eigenvalue weighted by Crippen LogP contribution is 2.36. The van der Waals surface area contributed by atoms with E-state index in [1.807, 2.05) is 35.6 Å². The molecular weight excluding hydrogens is 334 g/mol. The first-order chi connectivity index (χ1) is 12.3. The van der Waals surface area contributed by atoms with Gasteiger partial charge in [0.25, 0.3) is 0 Å². The Morgan fingerprint density at radius 3 is 3.04 bits per heavy atom. The number of fused-ring (bicyclic) bond motifs is 1. The molecule has 1 aliphatic rings. The van der Waals surface area contributed by atoms with Gasteiger partial charge in [0.1, 0.15) is 5.75 Å². The number of hydrogen-bond acceptors (Lipinski definition) is 6. The second-order valence-corrected chi connectivity index (χ2v) is 7.16. The smallest absolute Gasteiger partial charge is 0.241 e. The summed E-state index contributed by atoms with van der Waals surface area (Å²) in [5.74, 6) is 1.98. The van der Waals surface area contributed by atoms with E-state index in [2.05, 4.69) is 33.4 Å².